The van der Waals surface area contributed by atoms with E-state index in [1.54, 1.807) is 0 Å². The summed E-state index contributed by atoms with van der Waals surface area (Å²) in [7, 11) is 0. The minimum absolute atomic E-state index is 0.174. The van der Waals surface area contributed by atoms with E-state index in [1.165, 1.54) is 11.6 Å². The van der Waals surface area contributed by atoms with Crippen LogP contribution in [0.25, 0.3) is 10.9 Å². The van der Waals surface area contributed by atoms with Gasteiger partial charge in [0.2, 0.25) is 0 Å². The van der Waals surface area contributed by atoms with Gasteiger partial charge in [0.15, 0.2) is 11.6 Å². The van der Waals surface area contributed by atoms with Gasteiger partial charge in [-0.1, -0.05) is 48.5 Å². The Hall–Kier alpha value is -3.64. The third kappa shape index (κ3) is 4.10. The van der Waals surface area contributed by atoms with Crippen LogP contribution >= 0.6 is 0 Å². The van der Waals surface area contributed by atoms with Gasteiger partial charge in [0.1, 0.15) is 0 Å². The van der Waals surface area contributed by atoms with Crippen LogP contribution in [0.15, 0.2) is 72.8 Å². The lowest BCUT2D eigenvalue weighted by atomic mass is 9.93. The monoisotopic (exact) mass is 443 g/mol. The van der Waals surface area contributed by atoms with Crippen molar-refractivity contribution in [3.05, 3.63) is 107 Å². The molecule has 1 amide bonds. The van der Waals surface area contributed by atoms with Gasteiger partial charge in [0, 0.05) is 53.9 Å². The third-order valence-corrected chi connectivity index (χ3v) is 6.31. The van der Waals surface area contributed by atoms with Gasteiger partial charge in [-0.2, -0.15) is 0 Å². The molecule has 1 aliphatic rings. The van der Waals surface area contributed by atoms with Crippen LogP contribution in [0.3, 0.4) is 0 Å². The molecule has 0 fully saturated rings. The highest BCUT2D eigenvalue weighted by molar-refractivity contribution is 6.13. The summed E-state index contributed by atoms with van der Waals surface area (Å²) in [4.78, 5) is 20.6. The van der Waals surface area contributed by atoms with Crippen molar-refractivity contribution in [2.24, 2.45) is 0 Å². The summed E-state index contributed by atoms with van der Waals surface area (Å²) in [5.74, 6) is -2.31. The highest BCUT2D eigenvalue weighted by Gasteiger charge is 2.28. The lowest BCUT2D eigenvalue weighted by Gasteiger charge is -2.34. The standard InChI is InChI=1S/C27H23F2N3O/c1-17(18-7-3-2-4-8-18)32-14-13-25-21(16-32)26(20-9-5-6-10-24(20)31-25)27(33)30-19-11-12-22(28)23(29)15-19/h2-12,15,17H,13-14,16H2,1H3,(H,30,33)/t17-/m1/s1. The van der Waals surface area contributed by atoms with Crippen LogP contribution < -0.4 is 5.32 Å². The Labute approximate surface area is 190 Å². The predicted molar refractivity (Wildman–Crippen MR) is 125 cm³/mol. The second-order valence-electron chi connectivity index (χ2n) is 8.32. The summed E-state index contributed by atoms with van der Waals surface area (Å²) < 4.78 is 27.1. The summed E-state index contributed by atoms with van der Waals surface area (Å²) >= 11 is 0. The minimum Gasteiger partial charge on any atom is -0.322 e. The first kappa shape index (κ1) is 21.2. The molecule has 0 saturated carbocycles. The molecule has 166 valence electrons. The average molecular weight is 443 g/mol. The van der Waals surface area contributed by atoms with E-state index in [0.29, 0.717) is 12.1 Å². The smallest absolute Gasteiger partial charge is 0.256 e. The van der Waals surface area contributed by atoms with Crippen molar-refractivity contribution in [3.63, 3.8) is 0 Å². The van der Waals surface area contributed by atoms with Gasteiger partial charge in [0.05, 0.1) is 11.1 Å². The number of aromatic nitrogens is 1. The number of para-hydroxylation sites is 1. The molecule has 6 heteroatoms. The van der Waals surface area contributed by atoms with Crippen molar-refractivity contribution in [2.75, 3.05) is 11.9 Å². The summed E-state index contributed by atoms with van der Waals surface area (Å²) in [6.45, 7) is 3.57. The first-order valence-electron chi connectivity index (χ1n) is 11.0. The molecule has 1 N–H and O–H groups in total. The van der Waals surface area contributed by atoms with Crippen molar-refractivity contribution in [1.29, 1.82) is 0 Å². The maximum Gasteiger partial charge on any atom is 0.256 e. The fourth-order valence-corrected chi connectivity index (χ4v) is 4.51. The van der Waals surface area contributed by atoms with Gasteiger partial charge in [0.25, 0.3) is 5.91 Å². The molecule has 1 aliphatic heterocycles. The summed E-state index contributed by atoms with van der Waals surface area (Å²) in [6, 6.07) is 21.3. The zero-order chi connectivity index (χ0) is 22.9. The summed E-state index contributed by atoms with van der Waals surface area (Å²) in [5.41, 5.74) is 4.48. The van der Waals surface area contributed by atoms with E-state index in [1.807, 2.05) is 42.5 Å². The van der Waals surface area contributed by atoms with Crippen LogP contribution in [0.4, 0.5) is 14.5 Å². The second kappa shape index (κ2) is 8.71. The molecule has 4 aromatic rings. The van der Waals surface area contributed by atoms with E-state index in [2.05, 4.69) is 29.3 Å². The maximum absolute atomic E-state index is 13.7. The van der Waals surface area contributed by atoms with E-state index >= 15 is 0 Å². The van der Waals surface area contributed by atoms with Gasteiger partial charge in [-0.05, 0) is 30.7 Å². The number of carbonyl (C=O) groups excluding carboxylic acids is 1. The Morgan fingerprint density at radius 1 is 1.00 bits per heavy atom. The summed E-state index contributed by atoms with van der Waals surface area (Å²) in [5, 5.41) is 3.49. The SMILES string of the molecule is C[C@H](c1ccccc1)N1CCc2nc3ccccc3c(C(=O)Nc3ccc(F)c(F)c3)c2C1. The number of rotatable bonds is 4. The van der Waals surface area contributed by atoms with Crippen molar-refractivity contribution in [3.8, 4) is 0 Å². The van der Waals surface area contributed by atoms with Crippen LogP contribution in [0, 0.1) is 11.6 Å². The predicted octanol–water partition coefficient (Wildman–Crippen LogP) is 5.88. The van der Waals surface area contributed by atoms with E-state index in [4.69, 9.17) is 4.98 Å². The first-order valence-corrected chi connectivity index (χ1v) is 11.0. The zero-order valence-corrected chi connectivity index (χ0v) is 18.2. The zero-order valence-electron chi connectivity index (χ0n) is 18.2. The van der Waals surface area contributed by atoms with Gasteiger partial charge in [-0.3, -0.25) is 14.7 Å². The summed E-state index contributed by atoms with van der Waals surface area (Å²) in [6.07, 6.45) is 0.725. The number of amides is 1. The molecule has 1 aromatic heterocycles. The Kier molecular flexibility index (Phi) is 5.60. The number of fused-ring (bicyclic) bond motifs is 2. The van der Waals surface area contributed by atoms with Crippen LogP contribution in [0.2, 0.25) is 0 Å². The molecule has 0 spiro atoms. The Bertz CT molecular complexity index is 1340. The van der Waals surface area contributed by atoms with Gasteiger partial charge in [-0.15, -0.1) is 0 Å². The van der Waals surface area contributed by atoms with Crippen LogP contribution in [0.1, 0.15) is 40.1 Å². The fourth-order valence-electron chi connectivity index (χ4n) is 4.51. The average Bonchev–Trinajstić information content (AvgIpc) is 2.84. The third-order valence-electron chi connectivity index (χ3n) is 6.31. The van der Waals surface area contributed by atoms with E-state index in [0.717, 1.165) is 47.3 Å². The molecule has 5 rings (SSSR count). The number of hydrogen-bond acceptors (Lipinski definition) is 3. The molecule has 3 aromatic carbocycles. The molecule has 0 saturated heterocycles. The second-order valence-corrected chi connectivity index (χ2v) is 8.32. The molecule has 1 atom stereocenters. The Balaban J connectivity index is 1.55. The number of benzene rings is 3. The highest BCUT2D eigenvalue weighted by atomic mass is 19.2. The molecule has 0 radical (unpaired) electrons. The van der Waals surface area contributed by atoms with Gasteiger partial charge < -0.3 is 5.32 Å². The number of nitrogens with zero attached hydrogens (tertiary/aromatic N) is 2. The van der Waals surface area contributed by atoms with Crippen LogP contribution in [-0.2, 0) is 13.0 Å². The maximum atomic E-state index is 13.7. The van der Waals surface area contributed by atoms with E-state index in [-0.39, 0.29) is 17.6 Å². The number of carbonyl (C=O) groups is 1. The largest absolute Gasteiger partial charge is 0.322 e. The molecule has 2 heterocycles. The topological polar surface area (TPSA) is 45.2 Å². The van der Waals surface area contributed by atoms with Crippen molar-refractivity contribution < 1.29 is 13.6 Å². The lowest BCUT2D eigenvalue weighted by molar-refractivity contribution is 0.102. The molecule has 0 unspecified atom stereocenters. The van der Waals surface area contributed by atoms with Crippen molar-refractivity contribution in [2.45, 2.75) is 25.9 Å². The quantitative estimate of drug-likeness (QED) is 0.428. The number of hydrogen-bond donors (Lipinski definition) is 1. The number of pyridine rings is 1. The molecule has 33 heavy (non-hydrogen) atoms. The van der Waals surface area contributed by atoms with Crippen LogP contribution in [-0.4, -0.2) is 22.3 Å². The van der Waals surface area contributed by atoms with Gasteiger partial charge in [-0.25, -0.2) is 8.78 Å². The lowest BCUT2D eigenvalue weighted by Crippen LogP contribution is -2.35. The molecule has 4 nitrogen and oxygen atoms in total. The first-order chi connectivity index (χ1) is 16.0. The molecular formula is C27H23F2N3O. The minimum atomic E-state index is -1.00. The normalized spacial score (nSPS) is 14.6. The number of halogens is 2. The van der Waals surface area contributed by atoms with Crippen LogP contribution in [0.5, 0.6) is 0 Å². The Morgan fingerprint density at radius 3 is 2.55 bits per heavy atom. The Morgan fingerprint density at radius 2 is 1.76 bits per heavy atom. The van der Waals surface area contributed by atoms with Crippen molar-refractivity contribution >= 4 is 22.5 Å². The molecule has 0 aliphatic carbocycles. The van der Waals surface area contributed by atoms with E-state index < -0.39 is 11.6 Å². The molecular weight excluding hydrogens is 420 g/mol. The number of anilines is 1. The highest BCUT2D eigenvalue weighted by Crippen LogP contribution is 2.32. The number of nitrogens with one attached hydrogen (secondary N) is 1. The van der Waals surface area contributed by atoms with E-state index in [9.17, 15) is 13.6 Å². The van der Waals surface area contributed by atoms with Gasteiger partial charge >= 0.3 is 0 Å². The van der Waals surface area contributed by atoms with Crippen molar-refractivity contribution in [1.82, 2.24) is 9.88 Å². The molecule has 0 bridgehead atoms. The fraction of sp³-hybridized carbons (Fsp3) is 0.185.